The van der Waals surface area contributed by atoms with Gasteiger partial charge < -0.3 is 14.5 Å². The lowest BCUT2D eigenvalue weighted by Gasteiger charge is -2.15. The minimum Gasteiger partial charge on any atom is -0.440 e. The predicted molar refractivity (Wildman–Crippen MR) is 102 cm³/mol. The number of benzene rings is 2. The second kappa shape index (κ2) is 8.34. The minimum atomic E-state index is -0.141. The van der Waals surface area contributed by atoms with Crippen LogP contribution in [0.15, 0.2) is 46.9 Å². The first-order chi connectivity index (χ1) is 12.6. The Morgan fingerprint density at radius 3 is 2.73 bits per heavy atom. The van der Waals surface area contributed by atoms with Gasteiger partial charge in [-0.2, -0.15) is 0 Å². The fourth-order valence-corrected chi connectivity index (χ4v) is 2.83. The quantitative estimate of drug-likeness (QED) is 0.674. The van der Waals surface area contributed by atoms with E-state index in [4.69, 9.17) is 20.8 Å². The normalized spacial score (nSPS) is 12.3. The highest BCUT2D eigenvalue weighted by Crippen LogP contribution is 2.20. The van der Waals surface area contributed by atoms with E-state index < -0.39 is 0 Å². The van der Waals surface area contributed by atoms with Gasteiger partial charge in [-0.3, -0.25) is 4.79 Å². The third-order valence-electron chi connectivity index (χ3n) is 4.16. The van der Waals surface area contributed by atoms with Crippen LogP contribution in [0.2, 0.25) is 5.02 Å². The van der Waals surface area contributed by atoms with Crippen LogP contribution in [0.3, 0.4) is 0 Å². The van der Waals surface area contributed by atoms with Gasteiger partial charge in [0, 0.05) is 24.1 Å². The third-order valence-corrected chi connectivity index (χ3v) is 4.41. The molecule has 0 aliphatic rings. The monoisotopic (exact) mass is 372 g/mol. The molecule has 0 saturated heterocycles. The number of aromatic nitrogens is 1. The molecule has 5 nitrogen and oxygen atoms in total. The second-order valence-corrected chi connectivity index (χ2v) is 6.56. The van der Waals surface area contributed by atoms with Crippen molar-refractivity contribution in [3.05, 3.63) is 64.5 Å². The van der Waals surface area contributed by atoms with Crippen LogP contribution in [-0.4, -0.2) is 30.6 Å². The van der Waals surface area contributed by atoms with Gasteiger partial charge in [-0.05, 0) is 42.3 Å². The summed E-state index contributed by atoms with van der Waals surface area (Å²) < 4.78 is 10.9. The molecule has 1 aromatic heterocycles. The van der Waals surface area contributed by atoms with Crippen molar-refractivity contribution >= 4 is 28.6 Å². The molecule has 0 aliphatic carbocycles. The van der Waals surface area contributed by atoms with E-state index in [2.05, 4.69) is 10.3 Å². The Balaban J connectivity index is 1.76. The number of nitrogens with zero attached hydrogens (tertiary/aromatic N) is 1. The van der Waals surface area contributed by atoms with E-state index in [0.717, 1.165) is 12.0 Å². The van der Waals surface area contributed by atoms with Gasteiger partial charge in [-0.1, -0.05) is 30.7 Å². The standard InChI is InChI=1S/C20H21ClN2O3/c1-3-16(12-25-2)22-20(24)14-6-9-18-17(11-14)23-19(26-18)10-13-4-7-15(21)8-5-13/h4-9,11,16H,3,10,12H2,1-2H3,(H,22,24). The number of rotatable bonds is 7. The van der Waals surface area contributed by atoms with Gasteiger partial charge in [-0.15, -0.1) is 0 Å². The Morgan fingerprint density at radius 2 is 2.04 bits per heavy atom. The molecule has 1 atom stereocenters. The largest absolute Gasteiger partial charge is 0.440 e. The van der Waals surface area contributed by atoms with E-state index in [1.807, 2.05) is 31.2 Å². The number of methoxy groups -OCH3 is 1. The maximum atomic E-state index is 12.4. The maximum absolute atomic E-state index is 12.4. The van der Waals surface area contributed by atoms with Crippen LogP contribution < -0.4 is 5.32 Å². The topological polar surface area (TPSA) is 64.4 Å². The number of oxazole rings is 1. The number of ether oxygens (including phenoxy) is 1. The number of halogens is 1. The molecule has 0 bridgehead atoms. The Morgan fingerprint density at radius 1 is 1.27 bits per heavy atom. The zero-order valence-corrected chi connectivity index (χ0v) is 15.5. The number of nitrogens with one attached hydrogen (secondary N) is 1. The van der Waals surface area contributed by atoms with E-state index in [9.17, 15) is 4.79 Å². The highest BCUT2D eigenvalue weighted by atomic mass is 35.5. The summed E-state index contributed by atoms with van der Waals surface area (Å²) in [6, 6.07) is 12.8. The molecule has 2 aromatic carbocycles. The van der Waals surface area contributed by atoms with Crippen molar-refractivity contribution in [1.29, 1.82) is 0 Å². The summed E-state index contributed by atoms with van der Waals surface area (Å²) in [6.07, 6.45) is 1.37. The summed E-state index contributed by atoms with van der Waals surface area (Å²) in [5.74, 6) is 0.462. The molecule has 26 heavy (non-hydrogen) atoms. The van der Waals surface area contributed by atoms with Crippen LogP contribution in [0.5, 0.6) is 0 Å². The van der Waals surface area contributed by atoms with Gasteiger partial charge in [0.2, 0.25) is 0 Å². The van der Waals surface area contributed by atoms with Crippen molar-refractivity contribution in [2.24, 2.45) is 0 Å². The fraction of sp³-hybridized carbons (Fsp3) is 0.300. The molecule has 0 radical (unpaired) electrons. The van der Waals surface area contributed by atoms with E-state index >= 15 is 0 Å². The number of carbonyl (C=O) groups excluding carboxylic acids is 1. The molecule has 136 valence electrons. The van der Waals surface area contributed by atoms with Gasteiger partial charge in [0.15, 0.2) is 11.5 Å². The third kappa shape index (κ3) is 4.42. The van der Waals surface area contributed by atoms with Crippen LogP contribution in [-0.2, 0) is 11.2 Å². The van der Waals surface area contributed by atoms with Gasteiger partial charge in [0.1, 0.15) is 5.52 Å². The van der Waals surface area contributed by atoms with Crippen molar-refractivity contribution in [1.82, 2.24) is 10.3 Å². The summed E-state index contributed by atoms with van der Waals surface area (Å²) in [5, 5.41) is 3.66. The molecule has 3 rings (SSSR count). The number of fused-ring (bicyclic) bond motifs is 1. The van der Waals surface area contributed by atoms with Crippen LogP contribution in [0.25, 0.3) is 11.1 Å². The SMILES string of the molecule is CCC(COC)NC(=O)c1ccc2oc(Cc3ccc(Cl)cc3)nc2c1. The molecule has 1 N–H and O–H groups in total. The highest BCUT2D eigenvalue weighted by molar-refractivity contribution is 6.30. The van der Waals surface area contributed by atoms with Crippen molar-refractivity contribution in [3.8, 4) is 0 Å². The van der Waals surface area contributed by atoms with Gasteiger partial charge in [-0.25, -0.2) is 4.98 Å². The summed E-state index contributed by atoms with van der Waals surface area (Å²) in [6.45, 7) is 2.49. The zero-order chi connectivity index (χ0) is 18.5. The first-order valence-electron chi connectivity index (χ1n) is 8.52. The molecule has 1 unspecified atom stereocenters. The van der Waals surface area contributed by atoms with Crippen molar-refractivity contribution in [3.63, 3.8) is 0 Å². The Bertz CT molecular complexity index is 890. The number of carbonyl (C=O) groups is 1. The lowest BCUT2D eigenvalue weighted by Crippen LogP contribution is -2.37. The molecular weight excluding hydrogens is 352 g/mol. The molecule has 0 fully saturated rings. The Labute approximate surface area is 157 Å². The van der Waals surface area contributed by atoms with Gasteiger partial charge >= 0.3 is 0 Å². The average molecular weight is 373 g/mol. The smallest absolute Gasteiger partial charge is 0.251 e. The molecule has 3 aromatic rings. The average Bonchev–Trinajstić information content (AvgIpc) is 3.04. The van der Waals surface area contributed by atoms with Gasteiger partial charge in [0.25, 0.3) is 5.91 Å². The van der Waals surface area contributed by atoms with Crippen LogP contribution in [0.4, 0.5) is 0 Å². The van der Waals surface area contributed by atoms with Crippen molar-refractivity contribution < 1.29 is 13.9 Å². The molecule has 0 saturated carbocycles. The predicted octanol–water partition coefficient (Wildman–Crippen LogP) is 4.23. The fourth-order valence-electron chi connectivity index (χ4n) is 2.70. The summed E-state index contributed by atoms with van der Waals surface area (Å²) in [7, 11) is 1.62. The van der Waals surface area contributed by atoms with E-state index in [0.29, 0.717) is 40.6 Å². The lowest BCUT2D eigenvalue weighted by molar-refractivity contribution is 0.0895. The van der Waals surface area contributed by atoms with Crippen LogP contribution in [0, 0.1) is 0 Å². The van der Waals surface area contributed by atoms with E-state index in [1.165, 1.54) is 0 Å². The van der Waals surface area contributed by atoms with Gasteiger partial charge in [0.05, 0.1) is 12.6 Å². The molecule has 1 heterocycles. The number of hydrogen-bond donors (Lipinski definition) is 1. The van der Waals surface area contributed by atoms with Crippen molar-refractivity contribution in [2.45, 2.75) is 25.8 Å². The van der Waals surface area contributed by atoms with Crippen LogP contribution >= 0.6 is 11.6 Å². The van der Waals surface area contributed by atoms with E-state index in [-0.39, 0.29) is 11.9 Å². The Hall–Kier alpha value is -2.37. The zero-order valence-electron chi connectivity index (χ0n) is 14.8. The maximum Gasteiger partial charge on any atom is 0.251 e. The minimum absolute atomic E-state index is 0.0130. The summed E-state index contributed by atoms with van der Waals surface area (Å²) in [5.41, 5.74) is 2.94. The molecule has 1 amide bonds. The summed E-state index contributed by atoms with van der Waals surface area (Å²) >= 11 is 5.91. The van der Waals surface area contributed by atoms with Crippen LogP contribution in [0.1, 0.15) is 35.2 Å². The lowest BCUT2D eigenvalue weighted by atomic mass is 10.1. The first kappa shape index (κ1) is 18.4. The molecular formula is C20H21ClN2O3. The number of amides is 1. The summed E-state index contributed by atoms with van der Waals surface area (Å²) in [4.78, 5) is 16.9. The van der Waals surface area contributed by atoms with Crippen molar-refractivity contribution in [2.75, 3.05) is 13.7 Å². The first-order valence-corrected chi connectivity index (χ1v) is 8.90. The molecule has 0 aliphatic heterocycles. The molecule has 0 spiro atoms. The number of hydrogen-bond acceptors (Lipinski definition) is 4. The highest BCUT2D eigenvalue weighted by Gasteiger charge is 2.14. The Kier molecular flexibility index (Phi) is 5.91. The molecule has 6 heteroatoms. The van der Waals surface area contributed by atoms with E-state index in [1.54, 1.807) is 25.3 Å². The second-order valence-electron chi connectivity index (χ2n) is 6.13.